The zero-order valence-electron chi connectivity index (χ0n) is 12.0. The Morgan fingerprint density at radius 2 is 1.10 bits per heavy atom. The van der Waals surface area contributed by atoms with Crippen LogP contribution in [-0.2, 0) is 28.6 Å². The molecule has 0 aliphatic heterocycles. The van der Waals surface area contributed by atoms with Crippen molar-refractivity contribution >= 4 is 17.9 Å². The summed E-state index contributed by atoms with van der Waals surface area (Å²) in [6.07, 6.45) is -5.30. The first-order chi connectivity index (χ1) is 9.65. The molecule has 0 saturated carbocycles. The van der Waals surface area contributed by atoms with Crippen LogP contribution < -0.4 is 0 Å². The molecule has 1 unspecified atom stereocenters. The maximum Gasteiger partial charge on any atom is 0.335 e. The molecule has 0 saturated heterocycles. The van der Waals surface area contributed by atoms with E-state index in [-0.39, 0.29) is 0 Å². The summed E-state index contributed by atoms with van der Waals surface area (Å²) in [5.41, 5.74) is 0. The Morgan fingerprint density at radius 1 is 0.762 bits per heavy atom. The summed E-state index contributed by atoms with van der Waals surface area (Å²) in [5, 5.41) is 26.9. The van der Waals surface area contributed by atoms with E-state index in [4.69, 9.17) is 20.1 Å². The summed E-state index contributed by atoms with van der Waals surface area (Å²) in [6, 6.07) is 0. The standard InChI is InChI=1S/C12H20O9/c1-6(13)10(16)19-4-9(21-12(18)8(3)15)5-20-11(17)7(2)14/h6-9,13-15H,4-5H2,1-3H3/t6-,7+,8-,9?/m0/s1. The topological polar surface area (TPSA) is 140 Å². The highest BCUT2D eigenvalue weighted by molar-refractivity contribution is 5.75. The van der Waals surface area contributed by atoms with Crippen LogP contribution in [0.25, 0.3) is 0 Å². The molecule has 21 heavy (non-hydrogen) atoms. The lowest BCUT2D eigenvalue weighted by molar-refractivity contribution is -0.176. The van der Waals surface area contributed by atoms with Gasteiger partial charge in [0.1, 0.15) is 31.5 Å². The Morgan fingerprint density at radius 3 is 1.38 bits per heavy atom. The molecule has 4 atom stereocenters. The van der Waals surface area contributed by atoms with Gasteiger partial charge in [-0.25, -0.2) is 14.4 Å². The minimum Gasteiger partial charge on any atom is -0.460 e. The van der Waals surface area contributed by atoms with Crippen molar-refractivity contribution in [2.24, 2.45) is 0 Å². The van der Waals surface area contributed by atoms with Crippen LogP contribution in [-0.4, -0.2) is 70.9 Å². The van der Waals surface area contributed by atoms with Crippen LogP contribution in [0.4, 0.5) is 0 Å². The van der Waals surface area contributed by atoms with Gasteiger partial charge < -0.3 is 29.5 Å². The Hall–Kier alpha value is -1.71. The predicted molar refractivity (Wildman–Crippen MR) is 66.8 cm³/mol. The first-order valence-corrected chi connectivity index (χ1v) is 6.23. The van der Waals surface area contributed by atoms with Crippen LogP contribution in [0.15, 0.2) is 0 Å². The summed E-state index contributed by atoms with van der Waals surface area (Å²) in [4.78, 5) is 33.5. The number of esters is 3. The first-order valence-electron chi connectivity index (χ1n) is 6.23. The molecule has 9 nitrogen and oxygen atoms in total. The van der Waals surface area contributed by atoms with Gasteiger partial charge in [0, 0.05) is 0 Å². The summed E-state index contributed by atoms with van der Waals surface area (Å²) in [5.74, 6) is -2.90. The predicted octanol–water partition coefficient (Wildman–Crippen LogP) is -1.87. The molecule has 0 fully saturated rings. The Bertz CT molecular complexity index is 338. The minimum atomic E-state index is -1.41. The lowest BCUT2D eigenvalue weighted by Crippen LogP contribution is -2.36. The fraction of sp³-hybridized carbons (Fsp3) is 0.750. The molecule has 0 aromatic carbocycles. The van der Waals surface area contributed by atoms with E-state index in [1.807, 2.05) is 0 Å². The monoisotopic (exact) mass is 308 g/mol. The number of aliphatic hydroxyl groups excluding tert-OH is 3. The van der Waals surface area contributed by atoms with Gasteiger partial charge in [0.2, 0.25) is 0 Å². The molecular formula is C12H20O9. The summed E-state index contributed by atoms with van der Waals surface area (Å²) in [7, 11) is 0. The molecule has 3 N–H and O–H groups in total. The van der Waals surface area contributed by atoms with E-state index in [0.717, 1.165) is 0 Å². The summed E-state index contributed by atoms with van der Waals surface area (Å²) < 4.78 is 14.0. The second-order valence-electron chi connectivity index (χ2n) is 4.35. The van der Waals surface area contributed by atoms with Gasteiger partial charge in [-0.2, -0.15) is 0 Å². The Balaban J connectivity index is 4.50. The van der Waals surface area contributed by atoms with Crippen molar-refractivity contribution in [2.45, 2.75) is 45.2 Å². The second-order valence-corrected chi connectivity index (χ2v) is 4.35. The molecule has 0 aromatic rings. The molecule has 0 amide bonds. The lowest BCUT2D eigenvalue weighted by atomic mass is 10.3. The quantitative estimate of drug-likeness (QED) is 0.347. The highest BCUT2D eigenvalue weighted by atomic mass is 16.6. The van der Waals surface area contributed by atoms with Gasteiger partial charge in [0.05, 0.1) is 0 Å². The van der Waals surface area contributed by atoms with Gasteiger partial charge in [0.25, 0.3) is 0 Å². The Labute approximate surface area is 121 Å². The maximum atomic E-state index is 11.3. The number of carbonyl (C=O) groups is 3. The number of hydrogen-bond acceptors (Lipinski definition) is 9. The Kier molecular flexibility index (Phi) is 8.51. The van der Waals surface area contributed by atoms with Crippen LogP contribution in [0.3, 0.4) is 0 Å². The van der Waals surface area contributed by atoms with Gasteiger partial charge in [-0.15, -0.1) is 0 Å². The fourth-order valence-electron chi connectivity index (χ4n) is 0.970. The third-order valence-electron chi connectivity index (χ3n) is 2.13. The number of rotatable bonds is 8. The molecule has 0 aliphatic rings. The van der Waals surface area contributed by atoms with E-state index in [1.54, 1.807) is 0 Å². The lowest BCUT2D eigenvalue weighted by Gasteiger charge is -2.19. The third-order valence-corrected chi connectivity index (χ3v) is 2.13. The van der Waals surface area contributed by atoms with Crippen molar-refractivity contribution in [2.75, 3.05) is 13.2 Å². The molecule has 0 spiro atoms. The second kappa shape index (κ2) is 9.27. The normalized spacial score (nSPS) is 16.3. The van der Waals surface area contributed by atoms with Crippen LogP contribution in [0, 0.1) is 0 Å². The largest absolute Gasteiger partial charge is 0.460 e. The van der Waals surface area contributed by atoms with Crippen molar-refractivity contribution in [1.82, 2.24) is 0 Å². The molecule has 0 bridgehead atoms. The average molecular weight is 308 g/mol. The molecule has 0 radical (unpaired) electrons. The molecule has 122 valence electrons. The molecule has 9 heteroatoms. The van der Waals surface area contributed by atoms with Gasteiger partial charge in [-0.3, -0.25) is 0 Å². The third kappa shape index (κ3) is 8.23. The fourth-order valence-corrected chi connectivity index (χ4v) is 0.970. The van der Waals surface area contributed by atoms with Crippen LogP contribution in [0.2, 0.25) is 0 Å². The zero-order chi connectivity index (χ0) is 16.6. The molecule has 0 aliphatic carbocycles. The van der Waals surface area contributed by atoms with Crippen molar-refractivity contribution in [3.05, 3.63) is 0 Å². The van der Waals surface area contributed by atoms with Crippen LogP contribution >= 0.6 is 0 Å². The van der Waals surface area contributed by atoms with Crippen molar-refractivity contribution in [1.29, 1.82) is 0 Å². The van der Waals surface area contributed by atoms with Crippen LogP contribution in [0.1, 0.15) is 20.8 Å². The van der Waals surface area contributed by atoms with Crippen molar-refractivity contribution < 1.29 is 43.9 Å². The van der Waals surface area contributed by atoms with Crippen molar-refractivity contribution in [3.63, 3.8) is 0 Å². The van der Waals surface area contributed by atoms with Gasteiger partial charge >= 0.3 is 17.9 Å². The first kappa shape index (κ1) is 19.3. The minimum absolute atomic E-state index is 0.477. The van der Waals surface area contributed by atoms with E-state index >= 15 is 0 Å². The van der Waals surface area contributed by atoms with E-state index < -0.39 is 55.5 Å². The molecule has 0 rings (SSSR count). The number of hydrogen-bond donors (Lipinski definition) is 3. The number of carbonyl (C=O) groups excluding carboxylic acids is 3. The summed E-state index contributed by atoms with van der Waals surface area (Å²) in [6.45, 7) is 2.59. The summed E-state index contributed by atoms with van der Waals surface area (Å²) >= 11 is 0. The van der Waals surface area contributed by atoms with Gasteiger partial charge in [0.15, 0.2) is 6.10 Å². The van der Waals surface area contributed by atoms with E-state index in [9.17, 15) is 14.4 Å². The molecular weight excluding hydrogens is 288 g/mol. The SMILES string of the molecule is C[C@H](O)C(=O)OCC(COC(=O)[C@@H](C)O)OC(=O)[C@H](C)O. The van der Waals surface area contributed by atoms with Crippen molar-refractivity contribution in [3.8, 4) is 0 Å². The zero-order valence-corrected chi connectivity index (χ0v) is 12.0. The highest BCUT2D eigenvalue weighted by Gasteiger charge is 2.23. The molecule has 0 heterocycles. The van der Waals surface area contributed by atoms with Gasteiger partial charge in [-0.1, -0.05) is 0 Å². The smallest absolute Gasteiger partial charge is 0.335 e. The highest BCUT2D eigenvalue weighted by Crippen LogP contribution is 2.01. The van der Waals surface area contributed by atoms with E-state index in [2.05, 4.69) is 9.47 Å². The average Bonchev–Trinajstić information content (AvgIpc) is 2.40. The maximum absolute atomic E-state index is 11.3. The number of aliphatic hydroxyl groups is 3. The van der Waals surface area contributed by atoms with Crippen LogP contribution in [0.5, 0.6) is 0 Å². The van der Waals surface area contributed by atoms with E-state index in [0.29, 0.717) is 0 Å². The number of ether oxygens (including phenoxy) is 3. The molecule has 0 aromatic heterocycles. The van der Waals surface area contributed by atoms with Gasteiger partial charge in [-0.05, 0) is 20.8 Å². The van der Waals surface area contributed by atoms with E-state index in [1.165, 1.54) is 20.8 Å².